The lowest BCUT2D eigenvalue weighted by Crippen LogP contribution is -2.65. The van der Waals surface area contributed by atoms with E-state index in [1.165, 1.54) is 0 Å². The lowest BCUT2D eigenvalue weighted by atomic mass is 9.92. The second kappa shape index (κ2) is 7.80. The van der Waals surface area contributed by atoms with Gasteiger partial charge in [-0.2, -0.15) is 5.10 Å². The van der Waals surface area contributed by atoms with Crippen molar-refractivity contribution in [3.63, 3.8) is 0 Å². The van der Waals surface area contributed by atoms with E-state index in [-0.39, 0.29) is 24.9 Å². The van der Waals surface area contributed by atoms with E-state index in [9.17, 15) is 9.59 Å². The third-order valence-electron chi connectivity index (χ3n) is 5.34. The number of halogens is 1. The van der Waals surface area contributed by atoms with E-state index in [2.05, 4.69) is 10.4 Å². The van der Waals surface area contributed by atoms with Crippen LogP contribution >= 0.6 is 22.9 Å². The summed E-state index contributed by atoms with van der Waals surface area (Å²) in [7, 11) is 0. The van der Waals surface area contributed by atoms with Crippen LogP contribution in [0.1, 0.15) is 43.7 Å². The monoisotopic (exact) mass is 456 g/mol. The predicted octanol–water partition coefficient (Wildman–Crippen LogP) is 4.59. The summed E-state index contributed by atoms with van der Waals surface area (Å²) in [6.07, 6.45) is 0. The first-order valence-corrected chi connectivity index (χ1v) is 11.3. The van der Waals surface area contributed by atoms with Gasteiger partial charge in [-0.3, -0.25) is 14.3 Å². The Hall–Kier alpha value is -2.64. The summed E-state index contributed by atoms with van der Waals surface area (Å²) in [6.45, 7) is 8.04. The van der Waals surface area contributed by atoms with Crippen molar-refractivity contribution in [3.8, 4) is 10.6 Å². The zero-order valence-electron chi connectivity index (χ0n) is 18.0. The Morgan fingerprint density at radius 1 is 1.26 bits per heavy atom. The Labute approximate surface area is 190 Å². The summed E-state index contributed by atoms with van der Waals surface area (Å²) in [5, 5.41) is 10.2. The van der Waals surface area contributed by atoms with E-state index < -0.39 is 11.1 Å². The molecule has 6 nitrogen and oxygen atoms in total. The Morgan fingerprint density at radius 2 is 2.00 bits per heavy atom. The summed E-state index contributed by atoms with van der Waals surface area (Å²) >= 11 is 7.95. The molecule has 1 aromatic carbocycles. The van der Waals surface area contributed by atoms with Crippen LogP contribution in [0.5, 0.6) is 0 Å². The molecule has 0 fully saturated rings. The molecule has 3 heterocycles. The minimum absolute atomic E-state index is 0.223. The van der Waals surface area contributed by atoms with E-state index in [0.717, 1.165) is 16.1 Å². The standard InChI is InChI=1S/C23H25ClN4O2S/c1-22(2,3)25-21(30)23(4)14-28-18(12-17(26-28)19-10-7-11-31-19)20(29)27(23)13-15-8-5-6-9-16(15)24/h5-12H,13-14H2,1-4H3,(H,25,30)/t23-/m0/s1. The van der Waals surface area contributed by atoms with E-state index in [4.69, 9.17) is 11.6 Å². The first-order chi connectivity index (χ1) is 14.6. The lowest BCUT2D eigenvalue weighted by molar-refractivity contribution is -0.135. The molecule has 2 aromatic heterocycles. The van der Waals surface area contributed by atoms with Gasteiger partial charge in [-0.1, -0.05) is 35.9 Å². The maximum atomic E-state index is 13.6. The van der Waals surface area contributed by atoms with Crippen LogP contribution < -0.4 is 5.32 Å². The van der Waals surface area contributed by atoms with Gasteiger partial charge in [-0.15, -0.1) is 11.3 Å². The lowest BCUT2D eigenvalue weighted by Gasteiger charge is -2.44. The fraction of sp³-hybridized carbons (Fsp3) is 0.348. The molecular weight excluding hydrogens is 432 g/mol. The Balaban J connectivity index is 1.78. The third-order valence-corrected chi connectivity index (χ3v) is 6.60. The number of fused-ring (bicyclic) bond motifs is 1. The summed E-state index contributed by atoms with van der Waals surface area (Å²) < 4.78 is 1.66. The van der Waals surface area contributed by atoms with Crippen molar-refractivity contribution in [1.29, 1.82) is 0 Å². The number of benzene rings is 1. The van der Waals surface area contributed by atoms with Gasteiger partial charge in [0.25, 0.3) is 5.91 Å². The van der Waals surface area contributed by atoms with Crippen molar-refractivity contribution in [2.24, 2.45) is 0 Å². The average Bonchev–Trinajstić information content (AvgIpc) is 3.34. The van der Waals surface area contributed by atoms with Crippen LogP contribution in [-0.4, -0.2) is 37.6 Å². The largest absolute Gasteiger partial charge is 0.349 e. The summed E-state index contributed by atoms with van der Waals surface area (Å²) in [5.74, 6) is -0.465. The van der Waals surface area contributed by atoms with Gasteiger partial charge in [0.05, 0.1) is 11.4 Å². The van der Waals surface area contributed by atoms with Gasteiger partial charge in [-0.25, -0.2) is 0 Å². The van der Waals surface area contributed by atoms with Crippen molar-refractivity contribution in [2.75, 3.05) is 0 Å². The number of thiophene rings is 1. The maximum Gasteiger partial charge on any atom is 0.273 e. The smallest absolute Gasteiger partial charge is 0.273 e. The number of nitrogens with one attached hydrogen (secondary N) is 1. The number of aromatic nitrogens is 2. The van der Waals surface area contributed by atoms with Crippen LogP contribution in [0.3, 0.4) is 0 Å². The molecule has 1 N–H and O–H groups in total. The minimum Gasteiger partial charge on any atom is -0.349 e. The molecular formula is C23H25ClN4O2S. The number of carbonyl (C=O) groups is 2. The van der Waals surface area contributed by atoms with Crippen molar-refractivity contribution in [3.05, 3.63) is 64.1 Å². The zero-order valence-corrected chi connectivity index (χ0v) is 19.5. The van der Waals surface area contributed by atoms with Crippen molar-refractivity contribution in [2.45, 2.75) is 51.9 Å². The molecule has 8 heteroatoms. The molecule has 0 saturated carbocycles. The van der Waals surface area contributed by atoms with E-state index in [1.807, 2.05) is 56.5 Å². The predicted molar refractivity (Wildman–Crippen MR) is 123 cm³/mol. The highest BCUT2D eigenvalue weighted by molar-refractivity contribution is 7.13. The van der Waals surface area contributed by atoms with E-state index in [1.54, 1.807) is 40.0 Å². The van der Waals surface area contributed by atoms with Gasteiger partial charge in [0.1, 0.15) is 16.9 Å². The second-order valence-corrected chi connectivity index (χ2v) is 10.4. The van der Waals surface area contributed by atoms with Gasteiger partial charge >= 0.3 is 0 Å². The molecule has 4 rings (SSSR count). The molecule has 162 valence electrons. The Kier molecular flexibility index (Phi) is 5.43. The highest BCUT2D eigenvalue weighted by atomic mass is 35.5. The molecule has 31 heavy (non-hydrogen) atoms. The SMILES string of the molecule is CC(C)(C)NC(=O)[C@]1(C)Cn2nc(-c3cccs3)cc2C(=O)N1Cc1ccccc1Cl. The van der Waals surface area contributed by atoms with Crippen molar-refractivity contribution in [1.82, 2.24) is 20.0 Å². The van der Waals surface area contributed by atoms with Gasteiger partial charge in [0, 0.05) is 17.1 Å². The number of nitrogens with zero attached hydrogens (tertiary/aromatic N) is 3. The first kappa shape index (κ1) is 21.6. The van der Waals surface area contributed by atoms with Crippen LogP contribution in [0, 0.1) is 0 Å². The van der Waals surface area contributed by atoms with Gasteiger partial charge in [0.2, 0.25) is 5.91 Å². The highest BCUT2D eigenvalue weighted by Gasteiger charge is 2.48. The topological polar surface area (TPSA) is 67.2 Å². The van der Waals surface area contributed by atoms with Gasteiger partial charge in [-0.05, 0) is 56.8 Å². The molecule has 1 aliphatic heterocycles. The molecule has 3 aromatic rings. The third kappa shape index (κ3) is 4.12. The first-order valence-electron chi connectivity index (χ1n) is 10.1. The molecule has 0 radical (unpaired) electrons. The summed E-state index contributed by atoms with van der Waals surface area (Å²) in [5.41, 5.74) is 0.424. The molecule has 0 unspecified atom stereocenters. The quantitative estimate of drug-likeness (QED) is 0.624. The number of hydrogen-bond acceptors (Lipinski definition) is 4. The number of rotatable bonds is 4. The normalized spacial score (nSPS) is 18.7. The summed E-state index contributed by atoms with van der Waals surface area (Å²) in [4.78, 5) is 29.7. The number of amides is 2. The Bertz CT molecular complexity index is 1130. The average molecular weight is 457 g/mol. The Morgan fingerprint density at radius 3 is 2.65 bits per heavy atom. The van der Waals surface area contributed by atoms with Crippen LogP contribution in [-0.2, 0) is 17.9 Å². The molecule has 0 bridgehead atoms. The van der Waals surface area contributed by atoms with Crippen LogP contribution in [0.4, 0.5) is 0 Å². The molecule has 1 atom stereocenters. The van der Waals surface area contributed by atoms with Gasteiger partial charge < -0.3 is 10.2 Å². The fourth-order valence-electron chi connectivity index (χ4n) is 3.71. The zero-order chi connectivity index (χ0) is 22.4. The number of hydrogen-bond donors (Lipinski definition) is 1. The van der Waals surface area contributed by atoms with Crippen molar-refractivity contribution >= 4 is 34.8 Å². The number of carbonyl (C=O) groups excluding carboxylic acids is 2. The fourth-order valence-corrected chi connectivity index (χ4v) is 4.58. The minimum atomic E-state index is -1.13. The van der Waals surface area contributed by atoms with Gasteiger partial charge in [0.15, 0.2) is 0 Å². The van der Waals surface area contributed by atoms with Crippen molar-refractivity contribution < 1.29 is 9.59 Å². The van der Waals surface area contributed by atoms with E-state index >= 15 is 0 Å². The van der Waals surface area contributed by atoms with Crippen LogP contribution in [0.25, 0.3) is 10.6 Å². The highest BCUT2D eigenvalue weighted by Crippen LogP contribution is 2.33. The van der Waals surface area contributed by atoms with E-state index in [0.29, 0.717) is 10.7 Å². The summed E-state index contributed by atoms with van der Waals surface area (Å²) in [6, 6.07) is 13.1. The molecule has 0 aliphatic carbocycles. The van der Waals surface area contributed by atoms with Crippen LogP contribution in [0.15, 0.2) is 47.8 Å². The molecule has 0 saturated heterocycles. The molecule has 1 aliphatic rings. The van der Waals surface area contributed by atoms with Crippen LogP contribution in [0.2, 0.25) is 5.02 Å². The maximum absolute atomic E-state index is 13.6. The second-order valence-electron chi connectivity index (χ2n) is 9.01. The molecule has 0 spiro atoms. The molecule has 2 amide bonds.